The normalized spacial score (nSPS) is 14.4. The monoisotopic (exact) mass is 720 g/mol. The lowest BCUT2D eigenvalue weighted by atomic mass is 9.95. The van der Waals surface area contributed by atoms with Gasteiger partial charge in [0.05, 0.1) is 45.2 Å². The Morgan fingerprint density at radius 1 is 1.04 bits per heavy atom. The Hall–Kier alpha value is -4.31. The summed E-state index contributed by atoms with van der Waals surface area (Å²) >= 11 is 13.6. The van der Waals surface area contributed by atoms with Crippen LogP contribution in [0.4, 0.5) is 0 Å². The molecule has 0 spiro atoms. The van der Waals surface area contributed by atoms with Crippen LogP contribution in [0.25, 0.3) is 6.08 Å². The number of esters is 1. The van der Waals surface area contributed by atoms with Crippen LogP contribution in [0.15, 0.2) is 88.3 Å². The molecule has 0 aliphatic carbocycles. The molecule has 0 radical (unpaired) electrons. The Balaban J connectivity index is 1.64. The third kappa shape index (κ3) is 7.96. The van der Waals surface area contributed by atoms with Gasteiger partial charge in [0, 0.05) is 11.1 Å². The van der Waals surface area contributed by atoms with Crippen molar-refractivity contribution in [2.24, 2.45) is 4.99 Å². The Bertz CT molecular complexity index is 2100. The molecule has 11 heteroatoms. The molecule has 0 saturated carbocycles. The summed E-state index contributed by atoms with van der Waals surface area (Å²) in [6.45, 7) is 14.0. The number of allylic oxidation sites excluding steroid dienone is 2. The number of carbonyl (C=O) groups is 1. The van der Waals surface area contributed by atoms with Crippen molar-refractivity contribution in [1.82, 2.24) is 4.57 Å². The standard InChI is InChI=1S/C38H38Cl2N2O6S/c1-7-12-26-17-25(19-31(45-8-2)35(26)47-21-24-15-16-28(39)29(40)18-24)20-32-36(43)42-34(27-13-10-11-14-30(27)48-22(4)5)33(37(44)46-9-3)23(6)41-38(42)49-32/h7,10-11,13-20,22,34H,1,8-9,12,21H2,2-6H3/b32-20+/t34-/m1/s1. The average molecular weight is 722 g/mol. The molecule has 0 unspecified atom stereocenters. The van der Waals surface area contributed by atoms with Crippen molar-refractivity contribution < 1.29 is 23.7 Å². The Kier molecular flexibility index (Phi) is 11.7. The number of ether oxygens (including phenoxy) is 4. The van der Waals surface area contributed by atoms with Crippen LogP contribution in [0, 0.1) is 0 Å². The second-order valence-electron chi connectivity index (χ2n) is 11.5. The van der Waals surface area contributed by atoms with E-state index in [0.29, 0.717) is 60.9 Å². The van der Waals surface area contributed by atoms with Crippen molar-refractivity contribution in [3.05, 3.63) is 131 Å². The first-order valence-electron chi connectivity index (χ1n) is 16.0. The highest BCUT2D eigenvalue weighted by molar-refractivity contribution is 7.07. The average Bonchev–Trinajstić information content (AvgIpc) is 3.35. The van der Waals surface area contributed by atoms with E-state index in [1.54, 1.807) is 42.7 Å². The molecule has 5 rings (SSSR count). The third-order valence-corrected chi connectivity index (χ3v) is 9.30. The molecular formula is C38H38Cl2N2O6S. The number of halogens is 2. The van der Waals surface area contributed by atoms with Gasteiger partial charge in [0.15, 0.2) is 16.3 Å². The van der Waals surface area contributed by atoms with Gasteiger partial charge in [0.1, 0.15) is 18.4 Å². The number of rotatable bonds is 13. The zero-order valence-corrected chi connectivity index (χ0v) is 30.4. The molecule has 1 aromatic heterocycles. The van der Waals surface area contributed by atoms with Gasteiger partial charge in [-0.25, -0.2) is 9.79 Å². The van der Waals surface area contributed by atoms with Gasteiger partial charge in [-0.15, -0.1) is 6.58 Å². The van der Waals surface area contributed by atoms with E-state index >= 15 is 0 Å². The van der Waals surface area contributed by atoms with Crippen LogP contribution in [-0.2, 0) is 22.6 Å². The fraction of sp³-hybridized carbons (Fsp3) is 0.289. The fourth-order valence-electron chi connectivity index (χ4n) is 5.59. The van der Waals surface area contributed by atoms with Crippen molar-refractivity contribution >= 4 is 46.6 Å². The first-order chi connectivity index (χ1) is 23.6. The number of thiazole rings is 1. The largest absolute Gasteiger partial charge is 0.491 e. The van der Waals surface area contributed by atoms with Crippen LogP contribution in [0.5, 0.6) is 17.2 Å². The highest BCUT2D eigenvalue weighted by Gasteiger charge is 2.35. The molecule has 0 bridgehead atoms. The predicted molar refractivity (Wildman–Crippen MR) is 195 cm³/mol. The summed E-state index contributed by atoms with van der Waals surface area (Å²) in [5, 5.41) is 0.910. The van der Waals surface area contributed by atoms with Gasteiger partial charge in [-0.2, -0.15) is 0 Å². The van der Waals surface area contributed by atoms with Gasteiger partial charge in [-0.05, 0) is 88.6 Å². The summed E-state index contributed by atoms with van der Waals surface area (Å²) in [5.41, 5.74) is 3.54. The maximum absolute atomic E-state index is 14.3. The summed E-state index contributed by atoms with van der Waals surface area (Å²) in [6.07, 6.45) is 3.95. The number of nitrogens with zero attached hydrogens (tertiary/aromatic N) is 2. The van der Waals surface area contributed by atoms with Crippen LogP contribution >= 0.6 is 34.5 Å². The highest BCUT2D eigenvalue weighted by Crippen LogP contribution is 2.37. The minimum absolute atomic E-state index is 0.131. The predicted octanol–water partition coefficient (Wildman–Crippen LogP) is 7.60. The van der Waals surface area contributed by atoms with E-state index in [9.17, 15) is 9.59 Å². The topological polar surface area (TPSA) is 88.4 Å². The maximum Gasteiger partial charge on any atom is 0.338 e. The molecule has 4 aromatic rings. The summed E-state index contributed by atoms with van der Waals surface area (Å²) in [7, 11) is 0. The number of hydrogen-bond donors (Lipinski definition) is 0. The van der Waals surface area contributed by atoms with Gasteiger partial charge in [0.25, 0.3) is 5.56 Å². The van der Waals surface area contributed by atoms with Gasteiger partial charge in [-0.1, -0.05) is 64.9 Å². The zero-order valence-electron chi connectivity index (χ0n) is 28.0. The van der Waals surface area contributed by atoms with Crippen LogP contribution in [0.3, 0.4) is 0 Å². The van der Waals surface area contributed by atoms with Gasteiger partial charge in [-0.3, -0.25) is 9.36 Å². The van der Waals surface area contributed by atoms with Crippen molar-refractivity contribution in [3.8, 4) is 17.2 Å². The lowest BCUT2D eigenvalue weighted by Crippen LogP contribution is -2.40. The number of carbonyl (C=O) groups excluding carboxylic acids is 1. The second-order valence-corrected chi connectivity index (χ2v) is 13.3. The van der Waals surface area contributed by atoms with Gasteiger partial charge < -0.3 is 18.9 Å². The van der Waals surface area contributed by atoms with E-state index in [4.69, 9.17) is 47.1 Å². The molecule has 0 saturated heterocycles. The maximum atomic E-state index is 14.3. The summed E-state index contributed by atoms with van der Waals surface area (Å²) < 4.78 is 25.9. The van der Waals surface area contributed by atoms with Crippen molar-refractivity contribution in [1.29, 1.82) is 0 Å². The molecule has 256 valence electrons. The van der Waals surface area contributed by atoms with Crippen molar-refractivity contribution in [3.63, 3.8) is 0 Å². The molecule has 1 aliphatic rings. The minimum atomic E-state index is -0.806. The summed E-state index contributed by atoms with van der Waals surface area (Å²) in [4.78, 5) is 32.9. The highest BCUT2D eigenvalue weighted by atomic mass is 35.5. The van der Waals surface area contributed by atoms with Crippen molar-refractivity contribution in [2.75, 3.05) is 13.2 Å². The van der Waals surface area contributed by atoms with E-state index in [-0.39, 0.29) is 30.5 Å². The minimum Gasteiger partial charge on any atom is -0.491 e. The molecule has 1 atom stereocenters. The Morgan fingerprint density at radius 3 is 2.51 bits per heavy atom. The lowest BCUT2D eigenvalue weighted by molar-refractivity contribution is -0.139. The molecule has 2 heterocycles. The molecule has 3 aromatic carbocycles. The third-order valence-electron chi connectivity index (χ3n) is 7.58. The summed E-state index contributed by atoms with van der Waals surface area (Å²) in [5.74, 6) is 1.14. The van der Waals surface area contributed by atoms with E-state index in [1.165, 1.54) is 11.3 Å². The van der Waals surface area contributed by atoms with Crippen LogP contribution in [0.2, 0.25) is 10.0 Å². The van der Waals surface area contributed by atoms with Crippen LogP contribution < -0.4 is 29.1 Å². The number of hydrogen-bond acceptors (Lipinski definition) is 8. The van der Waals surface area contributed by atoms with E-state index in [2.05, 4.69) is 6.58 Å². The second kappa shape index (κ2) is 15.9. The quantitative estimate of drug-likeness (QED) is 0.104. The Morgan fingerprint density at radius 2 is 1.82 bits per heavy atom. The Labute approximate surface area is 299 Å². The zero-order chi connectivity index (χ0) is 35.2. The van der Waals surface area contributed by atoms with Crippen LogP contribution in [-0.4, -0.2) is 29.9 Å². The van der Waals surface area contributed by atoms with E-state index in [0.717, 1.165) is 16.7 Å². The first-order valence-corrected chi connectivity index (χ1v) is 17.6. The smallest absolute Gasteiger partial charge is 0.338 e. The van der Waals surface area contributed by atoms with Gasteiger partial charge in [0.2, 0.25) is 0 Å². The van der Waals surface area contributed by atoms with Crippen LogP contribution in [0.1, 0.15) is 62.9 Å². The van der Waals surface area contributed by atoms with E-state index < -0.39 is 12.0 Å². The fourth-order valence-corrected chi connectivity index (χ4v) is 6.96. The molecule has 8 nitrogen and oxygen atoms in total. The SMILES string of the molecule is C=CCc1cc(/C=c2/sc3n(c2=O)[C@H](c2ccccc2OC(C)C)C(C(=O)OCC)=C(C)N=3)cc(OCC)c1OCc1ccc(Cl)c(Cl)c1. The van der Waals surface area contributed by atoms with Gasteiger partial charge >= 0.3 is 5.97 Å². The lowest BCUT2D eigenvalue weighted by Gasteiger charge is -2.26. The molecule has 1 aliphatic heterocycles. The number of aromatic nitrogens is 1. The summed E-state index contributed by atoms with van der Waals surface area (Å²) in [6, 6.07) is 15.8. The molecule has 0 amide bonds. The first kappa shape index (κ1) is 36.0. The molecular weight excluding hydrogens is 683 g/mol. The van der Waals surface area contributed by atoms with Crippen molar-refractivity contribution in [2.45, 2.75) is 59.8 Å². The molecule has 0 fully saturated rings. The molecule has 49 heavy (non-hydrogen) atoms. The number of fused-ring (bicyclic) bond motifs is 1. The molecule has 0 N–H and O–H groups in total. The number of benzene rings is 3. The number of para-hydroxylation sites is 1. The van der Waals surface area contributed by atoms with E-state index in [1.807, 2.05) is 63.2 Å².